The van der Waals surface area contributed by atoms with Gasteiger partial charge < -0.3 is 20.5 Å². The van der Waals surface area contributed by atoms with Crippen LogP contribution in [0, 0.1) is 5.82 Å². The predicted octanol–water partition coefficient (Wildman–Crippen LogP) is 6.37. The summed E-state index contributed by atoms with van der Waals surface area (Å²) in [4.78, 5) is 19.3. The Morgan fingerprint density at radius 3 is 2.45 bits per heavy atom. The standard InChI is InChI=1S/C20H20BrFN4O3.2C2H6/c1-28-17-9-13-16(10-18(17)29-7-3-2-4-19(23)27)24-11-25-20(13)26-15-6-5-12(21)8-14(15)22;2*1-2/h5-6,8-11H,2-4,7H2,1H3,(H2,23,27)(H,24,25,26);2*1-2H3. The number of nitrogens with zero attached hydrogens (tertiary/aromatic N) is 2. The van der Waals surface area contributed by atoms with Crippen molar-refractivity contribution in [3.8, 4) is 11.5 Å². The molecular formula is C24H32BrFN4O3. The van der Waals surface area contributed by atoms with Crippen molar-refractivity contribution >= 4 is 44.2 Å². The number of anilines is 2. The Morgan fingerprint density at radius 2 is 1.82 bits per heavy atom. The van der Waals surface area contributed by atoms with Gasteiger partial charge in [-0.15, -0.1) is 0 Å². The third-order valence-electron chi connectivity index (χ3n) is 4.18. The number of carbonyl (C=O) groups is 1. The molecule has 0 aliphatic carbocycles. The quantitative estimate of drug-likeness (QED) is 0.316. The van der Waals surface area contributed by atoms with Crippen molar-refractivity contribution in [3.05, 3.63) is 46.9 Å². The number of fused-ring (bicyclic) bond motifs is 1. The highest BCUT2D eigenvalue weighted by Gasteiger charge is 2.13. The third kappa shape index (κ3) is 8.49. The summed E-state index contributed by atoms with van der Waals surface area (Å²) in [6.45, 7) is 8.41. The molecule has 0 saturated heterocycles. The summed E-state index contributed by atoms with van der Waals surface area (Å²) in [5.74, 6) is 0.740. The van der Waals surface area contributed by atoms with Crippen LogP contribution in [0.3, 0.4) is 0 Å². The van der Waals surface area contributed by atoms with E-state index in [1.54, 1.807) is 24.3 Å². The molecule has 0 saturated carbocycles. The second-order valence-corrected chi connectivity index (χ2v) is 7.18. The van der Waals surface area contributed by atoms with Gasteiger partial charge in [0.2, 0.25) is 5.91 Å². The largest absolute Gasteiger partial charge is 0.493 e. The molecule has 33 heavy (non-hydrogen) atoms. The van der Waals surface area contributed by atoms with Crippen LogP contribution >= 0.6 is 15.9 Å². The van der Waals surface area contributed by atoms with Crippen LogP contribution in [-0.2, 0) is 4.79 Å². The molecular weight excluding hydrogens is 491 g/mol. The lowest BCUT2D eigenvalue weighted by Gasteiger charge is -2.14. The van der Waals surface area contributed by atoms with Gasteiger partial charge in [0.05, 0.1) is 24.9 Å². The molecule has 1 heterocycles. The van der Waals surface area contributed by atoms with E-state index in [0.29, 0.717) is 64.2 Å². The van der Waals surface area contributed by atoms with E-state index < -0.39 is 5.82 Å². The molecule has 1 amide bonds. The van der Waals surface area contributed by atoms with E-state index in [4.69, 9.17) is 15.2 Å². The van der Waals surface area contributed by atoms with Gasteiger partial charge in [0.15, 0.2) is 11.5 Å². The highest BCUT2D eigenvalue weighted by molar-refractivity contribution is 9.10. The minimum Gasteiger partial charge on any atom is -0.493 e. The fraction of sp³-hybridized carbons (Fsp3) is 0.375. The van der Waals surface area contributed by atoms with Crippen LogP contribution in [0.4, 0.5) is 15.9 Å². The van der Waals surface area contributed by atoms with Crippen molar-refractivity contribution in [2.45, 2.75) is 47.0 Å². The van der Waals surface area contributed by atoms with Gasteiger partial charge in [-0.3, -0.25) is 4.79 Å². The minimum atomic E-state index is -0.408. The number of aromatic nitrogens is 2. The first-order valence-corrected chi connectivity index (χ1v) is 11.7. The lowest BCUT2D eigenvalue weighted by Crippen LogP contribution is -2.10. The molecule has 0 spiro atoms. The van der Waals surface area contributed by atoms with Gasteiger partial charge in [-0.2, -0.15) is 0 Å². The molecule has 0 radical (unpaired) electrons. The zero-order chi connectivity index (χ0) is 24.8. The summed E-state index contributed by atoms with van der Waals surface area (Å²) in [5.41, 5.74) is 6.05. The number of primary amides is 1. The summed E-state index contributed by atoms with van der Waals surface area (Å²) in [7, 11) is 1.53. The van der Waals surface area contributed by atoms with Crippen molar-refractivity contribution in [1.29, 1.82) is 0 Å². The van der Waals surface area contributed by atoms with Gasteiger partial charge in [0.25, 0.3) is 0 Å². The number of rotatable bonds is 9. The second-order valence-electron chi connectivity index (χ2n) is 6.26. The fourth-order valence-corrected chi connectivity index (χ4v) is 3.07. The van der Waals surface area contributed by atoms with Gasteiger partial charge in [0, 0.05) is 22.3 Å². The smallest absolute Gasteiger partial charge is 0.217 e. The third-order valence-corrected chi connectivity index (χ3v) is 4.67. The lowest BCUT2D eigenvalue weighted by molar-refractivity contribution is -0.118. The van der Waals surface area contributed by atoms with Gasteiger partial charge in [-0.25, -0.2) is 14.4 Å². The highest BCUT2D eigenvalue weighted by atomic mass is 79.9. The number of nitrogens with one attached hydrogen (secondary N) is 1. The zero-order valence-electron chi connectivity index (χ0n) is 19.7. The van der Waals surface area contributed by atoms with Crippen molar-refractivity contribution < 1.29 is 18.7 Å². The van der Waals surface area contributed by atoms with E-state index in [1.165, 1.54) is 19.5 Å². The zero-order valence-corrected chi connectivity index (χ0v) is 21.3. The average Bonchev–Trinajstić information content (AvgIpc) is 2.82. The Kier molecular flexibility index (Phi) is 12.8. The first-order chi connectivity index (χ1) is 16.0. The van der Waals surface area contributed by atoms with Crippen LogP contribution in [0.25, 0.3) is 10.9 Å². The van der Waals surface area contributed by atoms with Crippen LogP contribution in [0.5, 0.6) is 11.5 Å². The molecule has 3 rings (SSSR count). The number of halogens is 2. The molecule has 0 unspecified atom stereocenters. The Labute approximate surface area is 203 Å². The maximum absolute atomic E-state index is 14.2. The highest BCUT2D eigenvalue weighted by Crippen LogP contribution is 2.35. The summed E-state index contributed by atoms with van der Waals surface area (Å²) >= 11 is 3.24. The number of benzene rings is 2. The summed E-state index contributed by atoms with van der Waals surface area (Å²) < 4.78 is 26.0. The van der Waals surface area contributed by atoms with Gasteiger partial charge in [0.1, 0.15) is 18.0 Å². The predicted molar refractivity (Wildman–Crippen MR) is 135 cm³/mol. The van der Waals surface area contributed by atoms with Crippen LogP contribution in [0.15, 0.2) is 41.1 Å². The molecule has 0 bridgehead atoms. The molecule has 2 aromatic carbocycles. The lowest BCUT2D eigenvalue weighted by atomic mass is 10.2. The van der Waals surface area contributed by atoms with E-state index in [-0.39, 0.29) is 5.91 Å². The molecule has 3 aromatic rings. The van der Waals surface area contributed by atoms with Gasteiger partial charge in [-0.1, -0.05) is 43.6 Å². The van der Waals surface area contributed by atoms with Gasteiger partial charge in [-0.05, 0) is 37.1 Å². The fourth-order valence-electron chi connectivity index (χ4n) is 2.74. The number of hydrogen-bond donors (Lipinski definition) is 2. The molecule has 9 heteroatoms. The van der Waals surface area contributed by atoms with E-state index in [2.05, 4.69) is 31.2 Å². The molecule has 0 aliphatic heterocycles. The molecule has 0 aliphatic rings. The molecule has 0 fully saturated rings. The number of unbranched alkanes of at least 4 members (excludes halogenated alkanes) is 1. The molecule has 7 nitrogen and oxygen atoms in total. The normalized spacial score (nSPS) is 9.79. The summed E-state index contributed by atoms with van der Waals surface area (Å²) in [5, 5.41) is 3.66. The van der Waals surface area contributed by atoms with E-state index in [9.17, 15) is 9.18 Å². The van der Waals surface area contributed by atoms with Crippen LogP contribution in [0.2, 0.25) is 0 Å². The number of ether oxygens (including phenoxy) is 2. The minimum absolute atomic E-state index is 0.293. The van der Waals surface area contributed by atoms with Crippen molar-refractivity contribution in [1.82, 2.24) is 9.97 Å². The van der Waals surface area contributed by atoms with Crippen LogP contribution in [0.1, 0.15) is 47.0 Å². The number of amides is 1. The molecule has 0 atom stereocenters. The summed E-state index contributed by atoms with van der Waals surface area (Å²) in [6, 6.07) is 8.21. The Morgan fingerprint density at radius 1 is 1.09 bits per heavy atom. The van der Waals surface area contributed by atoms with Crippen molar-refractivity contribution in [3.63, 3.8) is 0 Å². The molecule has 3 N–H and O–H groups in total. The number of hydrogen-bond acceptors (Lipinski definition) is 6. The van der Waals surface area contributed by atoms with Crippen LogP contribution in [-0.4, -0.2) is 29.6 Å². The van der Waals surface area contributed by atoms with E-state index >= 15 is 0 Å². The maximum atomic E-state index is 14.2. The average molecular weight is 523 g/mol. The van der Waals surface area contributed by atoms with Crippen molar-refractivity contribution in [2.75, 3.05) is 19.0 Å². The summed E-state index contributed by atoms with van der Waals surface area (Å²) in [6.07, 6.45) is 3.06. The Balaban J connectivity index is 0.00000129. The number of methoxy groups -OCH3 is 1. The topological polar surface area (TPSA) is 99.4 Å². The first kappa shape index (κ1) is 28.1. The Bertz CT molecular complexity index is 1030. The monoisotopic (exact) mass is 522 g/mol. The number of carbonyl (C=O) groups excluding carboxylic acids is 1. The number of nitrogens with two attached hydrogens (primary N) is 1. The maximum Gasteiger partial charge on any atom is 0.217 e. The van der Waals surface area contributed by atoms with E-state index in [0.717, 1.165) is 0 Å². The Hall–Kier alpha value is -2.94. The first-order valence-electron chi connectivity index (χ1n) is 10.9. The SMILES string of the molecule is CC.CC.COc1cc2c(Nc3ccc(Br)cc3F)ncnc2cc1OCCCCC(N)=O. The van der Waals surface area contributed by atoms with E-state index in [1.807, 2.05) is 27.7 Å². The van der Waals surface area contributed by atoms with Gasteiger partial charge >= 0.3 is 0 Å². The second kappa shape index (κ2) is 15.0. The molecule has 1 aromatic heterocycles. The molecule has 180 valence electrons. The van der Waals surface area contributed by atoms with Crippen LogP contribution < -0.4 is 20.5 Å². The van der Waals surface area contributed by atoms with Crippen molar-refractivity contribution in [2.24, 2.45) is 5.73 Å².